The number of piperazine rings is 1. The first kappa shape index (κ1) is 22.9. The summed E-state index contributed by atoms with van der Waals surface area (Å²) in [6.45, 7) is 8.55. The fraction of sp³-hybridized carbons (Fsp3) is 0.417. The fourth-order valence-corrected chi connectivity index (χ4v) is 3.75. The number of anilines is 2. The Morgan fingerprint density at radius 1 is 1.06 bits per heavy atom. The minimum absolute atomic E-state index is 0.00453. The van der Waals surface area contributed by atoms with Crippen molar-refractivity contribution in [1.82, 2.24) is 4.90 Å². The van der Waals surface area contributed by atoms with Gasteiger partial charge in [0, 0.05) is 37.1 Å². The fourth-order valence-electron chi connectivity index (χ4n) is 3.57. The molecule has 31 heavy (non-hydrogen) atoms. The topological polar surface area (TPSA) is 61.9 Å². The Labute approximate surface area is 189 Å². The van der Waals surface area contributed by atoms with Gasteiger partial charge >= 0.3 is 0 Å². The van der Waals surface area contributed by atoms with Gasteiger partial charge in [-0.15, -0.1) is 0 Å². The van der Waals surface area contributed by atoms with Crippen molar-refractivity contribution in [2.75, 3.05) is 43.0 Å². The molecule has 1 aliphatic rings. The normalized spacial score (nSPS) is 14.0. The van der Waals surface area contributed by atoms with Gasteiger partial charge in [0.25, 0.3) is 5.91 Å². The van der Waals surface area contributed by atoms with Gasteiger partial charge in [-0.2, -0.15) is 0 Å². The number of carbonyl (C=O) groups is 2. The molecule has 0 atom stereocenters. The number of halogens is 1. The summed E-state index contributed by atoms with van der Waals surface area (Å²) in [5, 5.41) is 3.47. The lowest BCUT2D eigenvalue weighted by molar-refractivity contribution is -0.134. The lowest BCUT2D eigenvalue weighted by Crippen LogP contribution is -2.50. The molecule has 3 rings (SSSR count). The number of nitrogens with one attached hydrogen (secondary N) is 1. The third-order valence-electron chi connectivity index (χ3n) is 5.36. The summed E-state index contributed by atoms with van der Waals surface area (Å²) in [5.41, 5.74) is 2.75. The first-order valence-corrected chi connectivity index (χ1v) is 11.1. The average molecular weight is 444 g/mol. The minimum Gasteiger partial charge on any atom is -0.484 e. The molecule has 1 heterocycles. The van der Waals surface area contributed by atoms with E-state index in [0.29, 0.717) is 42.6 Å². The quantitative estimate of drug-likeness (QED) is 0.695. The zero-order valence-corrected chi connectivity index (χ0v) is 19.1. The second kappa shape index (κ2) is 10.5. The van der Waals surface area contributed by atoms with Crippen LogP contribution in [-0.4, -0.2) is 49.5 Å². The number of ether oxygens (including phenoxy) is 1. The van der Waals surface area contributed by atoms with Gasteiger partial charge in [-0.25, -0.2) is 0 Å². The van der Waals surface area contributed by atoms with Crippen molar-refractivity contribution >= 4 is 34.8 Å². The van der Waals surface area contributed by atoms with Crippen molar-refractivity contribution in [1.29, 1.82) is 0 Å². The molecule has 0 unspecified atom stereocenters. The Bertz CT molecular complexity index is 907. The van der Waals surface area contributed by atoms with Crippen molar-refractivity contribution in [3.8, 4) is 5.75 Å². The van der Waals surface area contributed by atoms with Crippen molar-refractivity contribution in [2.45, 2.75) is 27.2 Å². The van der Waals surface area contributed by atoms with Crippen LogP contribution in [-0.2, 0) is 16.0 Å². The predicted octanol–water partition coefficient (Wildman–Crippen LogP) is 4.22. The Morgan fingerprint density at radius 2 is 1.74 bits per heavy atom. The van der Waals surface area contributed by atoms with E-state index >= 15 is 0 Å². The number of amides is 2. The molecule has 1 saturated heterocycles. The molecule has 0 aromatic heterocycles. The number of benzene rings is 2. The van der Waals surface area contributed by atoms with Crippen molar-refractivity contribution in [2.24, 2.45) is 5.92 Å². The van der Waals surface area contributed by atoms with E-state index in [0.717, 1.165) is 12.1 Å². The summed E-state index contributed by atoms with van der Waals surface area (Å²) < 4.78 is 5.62. The number of hydrogen-bond acceptors (Lipinski definition) is 4. The highest BCUT2D eigenvalue weighted by Crippen LogP contribution is 2.30. The Kier molecular flexibility index (Phi) is 7.80. The van der Waals surface area contributed by atoms with Gasteiger partial charge in [0.2, 0.25) is 5.91 Å². The van der Waals surface area contributed by atoms with E-state index in [1.54, 1.807) is 6.07 Å². The van der Waals surface area contributed by atoms with E-state index in [1.807, 2.05) is 55.1 Å². The first-order valence-electron chi connectivity index (χ1n) is 10.7. The number of nitrogens with zero attached hydrogens (tertiary/aromatic N) is 2. The molecular weight excluding hydrogens is 414 g/mol. The molecule has 2 aromatic carbocycles. The maximum Gasteiger partial charge on any atom is 0.262 e. The monoisotopic (exact) mass is 443 g/mol. The van der Waals surface area contributed by atoms with E-state index in [9.17, 15) is 9.59 Å². The smallest absolute Gasteiger partial charge is 0.262 e. The number of aryl methyl sites for hydroxylation is 1. The van der Waals surface area contributed by atoms with Crippen molar-refractivity contribution in [3.63, 3.8) is 0 Å². The lowest BCUT2D eigenvalue weighted by Gasteiger charge is -2.37. The third-order valence-corrected chi connectivity index (χ3v) is 5.60. The maximum atomic E-state index is 12.5. The largest absolute Gasteiger partial charge is 0.484 e. The summed E-state index contributed by atoms with van der Waals surface area (Å²) in [5.74, 6) is 0.574. The van der Waals surface area contributed by atoms with E-state index in [-0.39, 0.29) is 24.3 Å². The Morgan fingerprint density at radius 3 is 2.35 bits per heavy atom. The van der Waals surface area contributed by atoms with Crippen molar-refractivity contribution in [3.05, 3.63) is 53.1 Å². The Balaban J connectivity index is 1.62. The van der Waals surface area contributed by atoms with E-state index in [2.05, 4.69) is 17.1 Å². The van der Waals surface area contributed by atoms with Gasteiger partial charge in [-0.3, -0.25) is 9.59 Å². The summed E-state index contributed by atoms with van der Waals surface area (Å²) in [7, 11) is 0. The zero-order valence-electron chi connectivity index (χ0n) is 18.4. The van der Waals surface area contributed by atoms with Crippen LogP contribution < -0.4 is 15.0 Å². The second-order valence-corrected chi connectivity index (χ2v) is 8.40. The highest BCUT2D eigenvalue weighted by molar-refractivity contribution is 6.31. The molecule has 166 valence electrons. The van der Waals surface area contributed by atoms with E-state index in [1.165, 1.54) is 5.56 Å². The highest BCUT2D eigenvalue weighted by Gasteiger charge is 2.24. The first-order chi connectivity index (χ1) is 14.9. The molecule has 0 radical (unpaired) electrons. The summed E-state index contributed by atoms with van der Waals surface area (Å²) in [6.07, 6.45) is 0.957. The van der Waals surface area contributed by atoms with Crippen LogP contribution in [0.2, 0.25) is 5.02 Å². The summed E-state index contributed by atoms with van der Waals surface area (Å²) >= 11 is 6.19. The number of hydrogen-bond donors (Lipinski definition) is 1. The third kappa shape index (κ3) is 6.14. The van der Waals surface area contributed by atoms with Gasteiger partial charge in [-0.05, 0) is 42.3 Å². The molecule has 7 heteroatoms. The molecular formula is C24H30ClN3O3. The van der Waals surface area contributed by atoms with Gasteiger partial charge in [0.1, 0.15) is 5.75 Å². The highest BCUT2D eigenvalue weighted by atomic mass is 35.5. The van der Waals surface area contributed by atoms with Crippen LogP contribution in [0.15, 0.2) is 42.5 Å². The second-order valence-electron chi connectivity index (χ2n) is 7.96. The molecule has 1 aliphatic heterocycles. The summed E-state index contributed by atoms with van der Waals surface area (Å²) in [6, 6.07) is 13.2. The van der Waals surface area contributed by atoms with Gasteiger partial charge in [0.15, 0.2) is 6.61 Å². The van der Waals surface area contributed by atoms with Crippen LogP contribution in [0.3, 0.4) is 0 Å². The van der Waals surface area contributed by atoms with Crippen molar-refractivity contribution < 1.29 is 14.3 Å². The van der Waals surface area contributed by atoms with Gasteiger partial charge in [0.05, 0.1) is 11.4 Å². The average Bonchev–Trinajstić information content (AvgIpc) is 2.78. The molecule has 1 fully saturated rings. The molecule has 2 aromatic rings. The van der Waals surface area contributed by atoms with Gasteiger partial charge < -0.3 is 19.9 Å². The molecule has 6 nitrogen and oxygen atoms in total. The van der Waals surface area contributed by atoms with E-state index < -0.39 is 0 Å². The number of carbonyl (C=O) groups excluding carboxylic acids is 2. The molecule has 0 saturated carbocycles. The Hall–Kier alpha value is -2.73. The standard InChI is InChI=1S/C24H30ClN3O3/c1-4-18-5-8-20(9-6-18)31-16-23(29)26-21-15-19(25)7-10-22(21)27-11-13-28(14-12-27)24(30)17(2)3/h5-10,15,17H,4,11-14,16H2,1-3H3,(H,26,29). The van der Waals surface area contributed by atoms with Crippen LogP contribution in [0.25, 0.3) is 0 Å². The van der Waals surface area contributed by atoms with Crippen LogP contribution in [0.5, 0.6) is 5.75 Å². The van der Waals surface area contributed by atoms with Crippen LogP contribution >= 0.6 is 11.6 Å². The predicted molar refractivity (Wildman–Crippen MR) is 125 cm³/mol. The van der Waals surface area contributed by atoms with Gasteiger partial charge in [-0.1, -0.05) is 44.5 Å². The van der Waals surface area contributed by atoms with E-state index in [4.69, 9.17) is 16.3 Å². The maximum absolute atomic E-state index is 12.5. The molecule has 0 spiro atoms. The number of rotatable bonds is 7. The molecule has 2 amide bonds. The van der Waals surface area contributed by atoms with Crippen LogP contribution in [0, 0.1) is 5.92 Å². The van der Waals surface area contributed by atoms with Crippen LogP contribution in [0.4, 0.5) is 11.4 Å². The molecule has 0 bridgehead atoms. The summed E-state index contributed by atoms with van der Waals surface area (Å²) in [4.78, 5) is 28.8. The molecule has 1 N–H and O–H groups in total. The SMILES string of the molecule is CCc1ccc(OCC(=O)Nc2cc(Cl)ccc2N2CCN(C(=O)C(C)C)CC2)cc1. The zero-order chi connectivity index (χ0) is 22.4. The molecule has 0 aliphatic carbocycles. The lowest BCUT2D eigenvalue weighted by atomic mass is 10.1. The van der Waals surface area contributed by atoms with Crippen LogP contribution in [0.1, 0.15) is 26.3 Å². The minimum atomic E-state index is -0.253.